The van der Waals surface area contributed by atoms with Crippen molar-refractivity contribution in [1.82, 2.24) is 20.2 Å². The van der Waals surface area contributed by atoms with E-state index in [-0.39, 0.29) is 30.5 Å². The van der Waals surface area contributed by atoms with Crippen molar-refractivity contribution in [3.05, 3.63) is 144 Å². The Labute approximate surface area is 304 Å². The number of amides is 2. The summed E-state index contributed by atoms with van der Waals surface area (Å²) in [6.07, 6.45) is -1.37. The molecule has 264 valence electrons. The number of hydrogen-bond acceptors (Lipinski definition) is 10. The van der Waals surface area contributed by atoms with Crippen LogP contribution >= 0.6 is 11.8 Å². The molecule has 1 fully saturated rings. The number of phenols is 1. The highest BCUT2D eigenvalue weighted by Crippen LogP contribution is 2.43. The van der Waals surface area contributed by atoms with E-state index < -0.39 is 12.3 Å². The summed E-state index contributed by atoms with van der Waals surface area (Å²) in [6, 6.07) is 37.9. The lowest BCUT2D eigenvalue weighted by Crippen LogP contribution is -2.38. The number of carbonyl (C=O) groups excluding carboxylic acids is 1. The second-order valence-corrected chi connectivity index (χ2v) is 13.2. The van der Waals surface area contributed by atoms with E-state index in [1.54, 1.807) is 59.3 Å². The zero-order valence-corrected chi connectivity index (χ0v) is 28.9. The van der Waals surface area contributed by atoms with Gasteiger partial charge in [-0.2, -0.15) is 4.68 Å². The van der Waals surface area contributed by atoms with Gasteiger partial charge in [-0.3, -0.25) is 0 Å². The SMILES string of the molecule is CC1C(CSc2nnnn2-c2ccc(O)cc2)OC(c2cccc(NC(=O)Nc3ccc(Oc4ccccc4)cc3)c2)OC1c1ccc(CO)cc1. The fourth-order valence-electron chi connectivity index (χ4n) is 5.78. The first-order valence-corrected chi connectivity index (χ1v) is 17.6. The molecule has 0 bridgehead atoms. The van der Waals surface area contributed by atoms with Crippen molar-refractivity contribution in [2.45, 2.75) is 37.2 Å². The van der Waals surface area contributed by atoms with Gasteiger partial charge in [0.15, 0.2) is 6.29 Å². The van der Waals surface area contributed by atoms with Gasteiger partial charge in [0.1, 0.15) is 17.2 Å². The summed E-state index contributed by atoms with van der Waals surface area (Å²) in [4.78, 5) is 13.0. The number of urea groups is 1. The first kappa shape index (κ1) is 34.7. The third kappa shape index (κ3) is 8.41. The van der Waals surface area contributed by atoms with Gasteiger partial charge in [0.05, 0.1) is 24.5 Å². The van der Waals surface area contributed by atoms with Crippen LogP contribution in [0.4, 0.5) is 16.2 Å². The van der Waals surface area contributed by atoms with Crippen LogP contribution in [-0.2, 0) is 16.1 Å². The minimum atomic E-state index is -0.751. The minimum Gasteiger partial charge on any atom is -0.508 e. The molecule has 0 spiro atoms. The van der Waals surface area contributed by atoms with E-state index in [1.807, 2.05) is 72.8 Å². The number of benzene rings is 5. The minimum absolute atomic E-state index is 0.0521. The molecule has 0 saturated carbocycles. The van der Waals surface area contributed by atoms with E-state index in [0.717, 1.165) is 22.4 Å². The predicted molar refractivity (Wildman–Crippen MR) is 197 cm³/mol. The number of nitrogens with zero attached hydrogens (tertiary/aromatic N) is 4. The molecular weight excluding hydrogens is 681 g/mol. The van der Waals surface area contributed by atoms with Crippen molar-refractivity contribution in [3.8, 4) is 22.9 Å². The summed E-state index contributed by atoms with van der Waals surface area (Å²) in [5.41, 5.74) is 4.38. The van der Waals surface area contributed by atoms with Crippen LogP contribution in [-0.4, -0.2) is 48.3 Å². The summed E-state index contributed by atoms with van der Waals surface area (Å²) < 4.78 is 20.7. The molecule has 1 aliphatic rings. The van der Waals surface area contributed by atoms with Gasteiger partial charge in [-0.15, -0.1) is 5.10 Å². The number of aliphatic hydroxyl groups excluding tert-OH is 1. The Morgan fingerprint density at radius 2 is 1.56 bits per heavy atom. The summed E-state index contributed by atoms with van der Waals surface area (Å²) >= 11 is 1.45. The van der Waals surface area contributed by atoms with Crippen molar-refractivity contribution in [2.75, 3.05) is 16.4 Å². The molecule has 13 heteroatoms. The van der Waals surface area contributed by atoms with Crippen molar-refractivity contribution >= 4 is 29.2 Å². The van der Waals surface area contributed by atoms with E-state index in [1.165, 1.54) is 11.8 Å². The van der Waals surface area contributed by atoms with Gasteiger partial charge in [-0.1, -0.05) is 73.3 Å². The van der Waals surface area contributed by atoms with Crippen LogP contribution in [0.25, 0.3) is 5.69 Å². The highest BCUT2D eigenvalue weighted by Gasteiger charge is 2.38. The molecule has 0 aliphatic carbocycles. The Bertz CT molecular complexity index is 2080. The summed E-state index contributed by atoms with van der Waals surface area (Å²) in [5.74, 6) is 1.98. The molecule has 1 aromatic heterocycles. The maximum atomic E-state index is 13.0. The molecule has 2 heterocycles. The Morgan fingerprint density at radius 1 is 0.827 bits per heavy atom. The molecule has 7 rings (SSSR count). The molecule has 52 heavy (non-hydrogen) atoms. The van der Waals surface area contributed by atoms with Crippen LogP contribution in [0.3, 0.4) is 0 Å². The van der Waals surface area contributed by atoms with Crippen LogP contribution in [0.5, 0.6) is 17.2 Å². The van der Waals surface area contributed by atoms with Gasteiger partial charge in [-0.25, -0.2) is 4.79 Å². The number of aliphatic hydroxyl groups is 1. The molecule has 1 aliphatic heterocycles. The Balaban J connectivity index is 1.05. The fraction of sp³-hybridized carbons (Fsp3) is 0.179. The normalized spacial score (nSPS) is 18.4. The first-order chi connectivity index (χ1) is 25.4. The smallest absolute Gasteiger partial charge is 0.323 e. The summed E-state index contributed by atoms with van der Waals surface area (Å²) in [7, 11) is 0. The van der Waals surface area contributed by atoms with Gasteiger partial charge in [0.25, 0.3) is 0 Å². The lowest BCUT2D eigenvalue weighted by atomic mass is 9.91. The van der Waals surface area contributed by atoms with E-state index in [2.05, 4.69) is 33.1 Å². The van der Waals surface area contributed by atoms with Crippen LogP contribution in [0.15, 0.2) is 133 Å². The molecule has 4 N–H and O–H groups in total. The zero-order chi connectivity index (χ0) is 35.9. The molecule has 12 nitrogen and oxygen atoms in total. The molecular formula is C39H36N6O6S. The number of carbonyl (C=O) groups is 1. The molecule has 4 unspecified atom stereocenters. The van der Waals surface area contributed by atoms with Gasteiger partial charge >= 0.3 is 6.03 Å². The van der Waals surface area contributed by atoms with Crippen molar-refractivity contribution in [2.24, 2.45) is 5.92 Å². The monoisotopic (exact) mass is 716 g/mol. The number of thioether (sulfide) groups is 1. The number of aromatic hydroxyl groups is 1. The van der Waals surface area contributed by atoms with Gasteiger partial charge in [-0.05, 0) is 94.4 Å². The maximum absolute atomic E-state index is 13.0. The number of para-hydroxylation sites is 1. The van der Waals surface area contributed by atoms with E-state index in [9.17, 15) is 15.0 Å². The number of tetrazole rings is 1. The zero-order valence-electron chi connectivity index (χ0n) is 28.1. The topological polar surface area (TPSA) is 153 Å². The largest absolute Gasteiger partial charge is 0.508 e. The Morgan fingerprint density at radius 3 is 2.31 bits per heavy atom. The van der Waals surface area contributed by atoms with Crippen molar-refractivity contribution in [3.63, 3.8) is 0 Å². The van der Waals surface area contributed by atoms with Gasteiger partial charge < -0.3 is 35.1 Å². The van der Waals surface area contributed by atoms with Crippen LogP contribution in [0, 0.1) is 5.92 Å². The second-order valence-electron chi connectivity index (χ2n) is 12.2. The van der Waals surface area contributed by atoms with Crippen molar-refractivity contribution < 1.29 is 29.2 Å². The quantitative estimate of drug-likeness (QED) is 0.0975. The van der Waals surface area contributed by atoms with Crippen LogP contribution in [0.2, 0.25) is 0 Å². The van der Waals surface area contributed by atoms with E-state index in [0.29, 0.717) is 33.7 Å². The van der Waals surface area contributed by atoms with Crippen molar-refractivity contribution in [1.29, 1.82) is 0 Å². The summed E-state index contributed by atoms with van der Waals surface area (Å²) in [5, 5.41) is 37.9. The van der Waals surface area contributed by atoms with Crippen LogP contribution < -0.4 is 15.4 Å². The number of ether oxygens (including phenoxy) is 3. The van der Waals surface area contributed by atoms with E-state index in [4.69, 9.17) is 14.2 Å². The first-order valence-electron chi connectivity index (χ1n) is 16.6. The third-order valence-corrected chi connectivity index (χ3v) is 9.55. The predicted octanol–water partition coefficient (Wildman–Crippen LogP) is 7.88. The summed E-state index contributed by atoms with van der Waals surface area (Å²) in [6.45, 7) is 2.03. The highest BCUT2D eigenvalue weighted by molar-refractivity contribution is 7.99. The average molecular weight is 717 g/mol. The number of rotatable bonds is 11. The third-order valence-electron chi connectivity index (χ3n) is 8.54. The number of anilines is 2. The lowest BCUT2D eigenvalue weighted by molar-refractivity contribution is -0.268. The average Bonchev–Trinajstić information content (AvgIpc) is 3.65. The molecule has 0 radical (unpaired) electrons. The standard InChI is InChI=1S/C39H36N6O6S/c1-25-35(24-52-39-42-43-44-45(39)31-16-18-32(47)19-17-31)50-37(51-36(25)27-12-10-26(23-46)11-13-27)28-6-5-7-30(22-28)41-38(48)40-29-14-20-34(21-15-29)49-33-8-3-2-4-9-33/h2-22,25,35-37,46-47H,23-24H2,1H3,(H2,40,41,48). The lowest BCUT2D eigenvalue weighted by Gasteiger charge is -2.41. The maximum Gasteiger partial charge on any atom is 0.323 e. The van der Waals surface area contributed by atoms with Gasteiger partial charge in [0.2, 0.25) is 5.16 Å². The molecule has 1 saturated heterocycles. The van der Waals surface area contributed by atoms with Gasteiger partial charge in [0, 0.05) is 28.6 Å². The second kappa shape index (κ2) is 16.1. The fourth-order valence-corrected chi connectivity index (χ4v) is 6.83. The van der Waals surface area contributed by atoms with Crippen LogP contribution in [0.1, 0.15) is 36.0 Å². The number of aromatic nitrogens is 4. The van der Waals surface area contributed by atoms with E-state index >= 15 is 0 Å². The highest BCUT2D eigenvalue weighted by atomic mass is 32.2. The Hall–Kier alpha value is -5.73. The number of hydrogen-bond donors (Lipinski definition) is 4. The molecule has 2 amide bonds. The number of phenolic OH excluding ortho intramolecular Hbond substituents is 1. The Kier molecular flexibility index (Phi) is 10.7. The molecule has 4 atom stereocenters. The number of nitrogens with one attached hydrogen (secondary N) is 2. The molecule has 6 aromatic rings. The molecule has 5 aromatic carbocycles.